The number of carbonyl (C=O) groups excluding carboxylic acids is 1. The lowest BCUT2D eigenvalue weighted by molar-refractivity contribution is -0.133. The summed E-state index contributed by atoms with van der Waals surface area (Å²) in [6, 6.07) is 9.86. The molecular formula is C17H21IO2. The number of unbranched alkanes of at least 4 members (excludes halogenated alkanes) is 5. The largest absolute Gasteiger partial charge is 0.394 e. The average molecular weight is 384 g/mol. The van der Waals surface area contributed by atoms with Gasteiger partial charge in [-0.3, -0.25) is 4.79 Å². The second-order valence-electron chi connectivity index (χ2n) is 4.87. The van der Waals surface area contributed by atoms with Crippen molar-refractivity contribution in [1.82, 2.24) is 0 Å². The standard InChI is InChI=1S/C17H21IO2/c1-2-3-4-5-6-7-11-14-16(17(19)20-18)15-12-9-8-10-13-15/h1,8-10,12-13,16H,3-7,11,14H2. The van der Waals surface area contributed by atoms with Crippen molar-refractivity contribution in [2.24, 2.45) is 0 Å². The van der Waals surface area contributed by atoms with E-state index in [0.29, 0.717) is 0 Å². The van der Waals surface area contributed by atoms with Gasteiger partial charge in [-0.1, -0.05) is 56.0 Å². The van der Waals surface area contributed by atoms with Crippen LogP contribution >= 0.6 is 23.0 Å². The molecule has 108 valence electrons. The molecule has 0 N–H and O–H groups in total. The third-order valence-electron chi connectivity index (χ3n) is 3.38. The molecule has 3 heteroatoms. The summed E-state index contributed by atoms with van der Waals surface area (Å²) in [5.74, 6) is 2.37. The minimum absolute atomic E-state index is 0.140. The maximum absolute atomic E-state index is 11.9. The quantitative estimate of drug-likeness (QED) is 0.339. The van der Waals surface area contributed by atoms with Gasteiger partial charge in [-0.15, -0.1) is 12.3 Å². The van der Waals surface area contributed by atoms with E-state index in [4.69, 9.17) is 9.49 Å². The Morgan fingerprint density at radius 3 is 2.45 bits per heavy atom. The summed E-state index contributed by atoms with van der Waals surface area (Å²) in [6.07, 6.45) is 12.6. The third-order valence-corrected chi connectivity index (χ3v) is 3.81. The third kappa shape index (κ3) is 6.42. The maximum Gasteiger partial charge on any atom is 0.322 e. The molecule has 1 aromatic carbocycles. The zero-order valence-electron chi connectivity index (χ0n) is 11.7. The van der Waals surface area contributed by atoms with Gasteiger partial charge in [0.2, 0.25) is 0 Å². The minimum Gasteiger partial charge on any atom is -0.394 e. The van der Waals surface area contributed by atoms with Crippen LogP contribution in [-0.4, -0.2) is 5.97 Å². The van der Waals surface area contributed by atoms with Crippen LogP contribution < -0.4 is 0 Å². The number of halogens is 1. The Hall–Kier alpha value is -1.02. The van der Waals surface area contributed by atoms with Gasteiger partial charge in [-0.05, 0) is 18.4 Å². The van der Waals surface area contributed by atoms with Gasteiger partial charge in [0, 0.05) is 6.42 Å². The molecule has 0 aliphatic carbocycles. The van der Waals surface area contributed by atoms with E-state index >= 15 is 0 Å². The SMILES string of the molecule is C#CCCCCCCCC(C(=O)OI)c1ccccc1. The zero-order chi connectivity index (χ0) is 14.6. The van der Waals surface area contributed by atoms with Gasteiger partial charge >= 0.3 is 5.97 Å². The van der Waals surface area contributed by atoms with Crippen molar-refractivity contribution in [2.45, 2.75) is 50.9 Å². The molecule has 0 heterocycles. The van der Waals surface area contributed by atoms with Crippen LogP contribution in [0.1, 0.15) is 56.4 Å². The molecule has 0 bridgehead atoms. The van der Waals surface area contributed by atoms with E-state index in [9.17, 15) is 4.79 Å². The van der Waals surface area contributed by atoms with E-state index in [1.165, 1.54) is 12.8 Å². The molecule has 0 saturated heterocycles. The molecule has 2 nitrogen and oxygen atoms in total. The Labute approximate surface area is 136 Å². The highest BCUT2D eigenvalue weighted by molar-refractivity contribution is 14.1. The maximum atomic E-state index is 11.9. The first-order valence-electron chi connectivity index (χ1n) is 7.10. The molecule has 1 unspecified atom stereocenters. The molecule has 0 spiro atoms. The van der Waals surface area contributed by atoms with Gasteiger partial charge in [0.05, 0.1) is 5.92 Å². The zero-order valence-corrected chi connectivity index (χ0v) is 13.8. The fraction of sp³-hybridized carbons (Fsp3) is 0.471. The van der Waals surface area contributed by atoms with E-state index < -0.39 is 0 Å². The van der Waals surface area contributed by atoms with E-state index in [-0.39, 0.29) is 11.9 Å². The summed E-state index contributed by atoms with van der Waals surface area (Å²) in [6.45, 7) is 0. The molecule has 0 fully saturated rings. The number of benzene rings is 1. The monoisotopic (exact) mass is 384 g/mol. The van der Waals surface area contributed by atoms with E-state index in [0.717, 1.165) is 37.7 Å². The first-order valence-corrected chi connectivity index (χ1v) is 7.98. The number of hydrogen-bond donors (Lipinski definition) is 0. The predicted molar refractivity (Wildman–Crippen MR) is 90.4 cm³/mol. The Balaban J connectivity index is 2.36. The number of hydrogen-bond acceptors (Lipinski definition) is 2. The molecule has 0 saturated carbocycles. The number of rotatable bonds is 9. The highest BCUT2D eigenvalue weighted by Gasteiger charge is 2.21. The molecular weight excluding hydrogens is 363 g/mol. The van der Waals surface area contributed by atoms with Gasteiger partial charge in [0.25, 0.3) is 0 Å². The average Bonchev–Trinajstić information content (AvgIpc) is 2.50. The lowest BCUT2D eigenvalue weighted by atomic mass is 9.93. The lowest BCUT2D eigenvalue weighted by Gasteiger charge is -2.14. The van der Waals surface area contributed by atoms with E-state index in [2.05, 4.69) is 5.92 Å². The summed E-state index contributed by atoms with van der Waals surface area (Å²) in [5, 5.41) is 0. The number of carbonyl (C=O) groups is 1. The Bertz CT molecular complexity index is 422. The normalized spacial score (nSPS) is 11.6. The van der Waals surface area contributed by atoms with E-state index in [1.54, 1.807) is 23.0 Å². The van der Waals surface area contributed by atoms with Crippen molar-refractivity contribution >= 4 is 29.0 Å². The highest BCUT2D eigenvalue weighted by atomic mass is 127. The lowest BCUT2D eigenvalue weighted by Crippen LogP contribution is -2.12. The Morgan fingerprint density at radius 2 is 1.80 bits per heavy atom. The van der Waals surface area contributed by atoms with E-state index in [1.807, 2.05) is 30.3 Å². The van der Waals surface area contributed by atoms with Gasteiger partial charge in [0.15, 0.2) is 23.0 Å². The summed E-state index contributed by atoms with van der Waals surface area (Å²) in [5.41, 5.74) is 1.04. The minimum atomic E-state index is -0.149. The van der Waals surface area contributed by atoms with Crippen LogP contribution in [0.4, 0.5) is 0 Å². The van der Waals surface area contributed by atoms with Gasteiger partial charge < -0.3 is 3.07 Å². The van der Waals surface area contributed by atoms with Crippen LogP contribution in [0.5, 0.6) is 0 Å². The van der Waals surface area contributed by atoms with Gasteiger partial charge in [0.1, 0.15) is 0 Å². The summed E-state index contributed by atoms with van der Waals surface area (Å²) >= 11 is 1.67. The van der Waals surface area contributed by atoms with Crippen LogP contribution in [0.25, 0.3) is 0 Å². The molecule has 0 amide bonds. The van der Waals surface area contributed by atoms with Gasteiger partial charge in [-0.25, -0.2) is 0 Å². The van der Waals surface area contributed by atoms with Crippen molar-refractivity contribution in [2.75, 3.05) is 0 Å². The van der Waals surface area contributed by atoms with Crippen molar-refractivity contribution in [3.63, 3.8) is 0 Å². The first kappa shape index (κ1) is 17.0. The molecule has 1 aromatic rings. The Kier molecular flexibility index (Phi) is 9.14. The van der Waals surface area contributed by atoms with Crippen LogP contribution in [0, 0.1) is 12.3 Å². The fourth-order valence-electron chi connectivity index (χ4n) is 2.27. The predicted octanol–water partition coefficient (Wildman–Crippen LogP) is 5.03. The van der Waals surface area contributed by atoms with Gasteiger partial charge in [-0.2, -0.15) is 0 Å². The number of terminal acetylenes is 1. The molecule has 1 atom stereocenters. The molecule has 0 radical (unpaired) electrons. The highest BCUT2D eigenvalue weighted by Crippen LogP contribution is 2.25. The van der Waals surface area contributed by atoms with Crippen molar-refractivity contribution in [3.05, 3.63) is 35.9 Å². The second kappa shape index (κ2) is 10.7. The fourth-order valence-corrected chi connectivity index (χ4v) is 2.57. The topological polar surface area (TPSA) is 26.3 Å². The molecule has 20 heavy (non-hydrogen) atoms. The van der Waals surface area contributed by atoms with Crippen LogP contribution in [-0.2, 0) is 7.86 Å². The molecule has 0 aliphatic heterocycles. The molecule has 0 aliphatic rings. The van der Waals surface area contributed by atoms with Crippen LogP contribution in [0.3, 0.4) is 0 Å². The molecule has 0 aromatic heterocycles. The van der Waals surface area contributed by atoms with Crippen LogP contribution in [0.2, 0.25) is 0 Å². The smallest absolute Gasteiger partial charge is 0.322 e. The Morgan fingerprint density at radius 1 is 1.15 bits per heavy atom. The second-order valence-corrected chi connectivity index (χ2v) is 5.31. The summed E-state index contributed by atoms with van der Waals surface area (Å²) in [7, 11) is 0. The first-order chi connectivity index (χ1) is 9.79. The van der Waals surface area contributed by atoms with Crippen molar-refractivity contribution < 1.29 is 7.86 Å². The van der Waals surface area contributed by atoms with Crippen LogP contribution in [0.15, 0.2) is 30.3 Å². The summed E-state index contributed by atoms with van der Waals surface area (Å²) < 4.78 is 4.89. The summed E-state index contributed by atoms with van der Waals surface area (Å²) in [4.78, 5) is 11.9. The van der Waals surface area contributed by atoms with Crippen molar-refractivity contribution in [1.29, 1.82) is 0 Å². The molecule has 1 rings (SSSR count). The van der Waals surface area contributed by atoms with Crippen molar-refractivity contribution in [3.8, 4) is 12.3 Å².